The number of aliphatic hydroxyl groups is 1. The van der Waals surface area contributed by atoms with Crippen LogP contribution in [0.15, 0.2) is 42.5 Å². The van der Waals surface area contributed by atoms with Gasteiger partial charge in [0.25, 0.3) is 0 Å². The number of piperidine rings is 1. The van der Waals surface area contributed by atoms with Crippen molar-refractivity contribution in [2.45, 2.75) is 57.7 Å². The van der Waals surface area contributed by atoms with Gasteiger partial charge in [-0.1, -0.05) is 43.3 Å². The van der Waals surface area contributed by atoms with Crippen LogP contribution in [0.1, 0.15) is 56.3 Å². The Bertz CT molecular complexity index is 773. The third-order valence-electron chi connectivity index (χ3n) is 6.20. The van der Waals surface area contributed by atoms with Crippen LogP contribution in [0.4, 0.5) is 4.39 Å². The summed E-state index contributed by atoms with van der Waals surface area (Å²) < 4.78 is 20.6. The lowest BCUT2D eigenvalue weighted by Gasteiger charge is -2.27. The predicted molar refractivity (Wildman–Crippen MR) is 116 cm³/mol. The van der Waals surface area contributed by atoms with Crippen molar-refractivity contribution in [3.05, 3.63) is 59.4 Å². The number of benzene rings is 2. The maximum atomic E-state index is 14.9. The second kappa shape index (κ2) is 10.9. The van der Waals surface area contributed by atoms with Crippen LogP contribution in [-0.2, 0) is 11.2 Å². The molecule has 1 heterocycles. The minimum absolute atomic E-state index is 0.189. The first-order valence-corrected chi connectivity index (χ1v) is 10.9. The Hall–Kier alpha value is -1.75. The van der Waals surface area contributed by atoms with Crippen molar-refractivity contribution in [1.82, 2.24) is 5.32 Å². The SMILES string of the molecule is CCc1cccc(-c2c(F)cccc2C(CCCC(O)C2CCNCC2)OC)c1. The zero-order chi connectivity index (χ0) is 20.6. The number of nitrogens with one attached hydrogen (secondary N) is 1. The van der Waals surface area contributed by atoms with E-state index < -0.39 is 0 Å². The average Bonchev–Trinajstić information content (AvgIpc) is 2.77. The Balaban J connectivity index is 1.72. The van der Waals surface area contributed by atoms with Crippen LogP contribution >= 0.6 is 0 Å². The molecule has 158 valence electrons. The number of halogens is 1. The van der Waals surface area contributed by atoms with Gasteiger partial charge in [-0.25, -0.2) is 4.39 Å². The highest BCUT2D eigenvalue weighted by Crippen LogP contribution is 2.35. The molecule has 0 saturated carbocycles. The zero-order valence-electron chi connectivity index (χ0n) is 17.7. The summed E-state index contributed by atoms with van der Waals surface area (Å²) in [6.45, 7) is 4.09. The lowest BCUT2D eigenvalue weighted by Crippen LogP contribution is -2.34. The summed E-state index contributed by atoms with van der Waals surface area (Å²) in [4.78, 5) is 0. The third kappa shape index (κ3) is 5.65. The molecular formula is C25H34FNO2. The molecule has 3 rings (SSSR count). The van der Waals surface area contributed by atoms with Crippen LogP contribution in [0.5, 0.6) is 0 Å². The first-order valence-electron chi connectivity index (χ1n) is 10.9. The summed E-state index contributed by atoms with van der Waals surface area (Å²) in [7, 11) is 1.69. The van der Waals surface area contributed by atoms with Crippen LogP contribution in [-0.4, -0.2) is 31.4 Å². The van der Waals surface area contributed by atoms with E-state index in [1.807, 2.05) is 18.2 Å². The fourth-order valence-corrected chi connectivity index (χ4v) is 4.44. The fraction of sp³-hybridized carbons (Fsp3) is 0.520. The van der Waals surface area contributed by atoms with E-state index >= 15 is 0 Å². The molecule has 2 atom stereocenters. The summed E-state index contributed by atoms with van der Waals surface area (Å²) in [5.74, 6) is 0.173. The molecule has 3 nitrogen and oxygen atoms in total. The van der Waals surface area contributed by atoms with Gasteiger partial charge < -0.3 is 15.2 Å². The van der Waals surface area contributed by atoms with Crippen LogP contribution in [0.3, 0.4) is 0 Å². The molecule has 29 heavy (non-hydrogen) atoms. The first kappa shape index (κ1) is 21.9. The maximum absolute atomic E-state index is 14.9. The lowest BCUT2D eigenvalue weighted by molar-refractivity contribution is 0.0627. The maximum Gasteiger partial charge on any atom is 0.131 e. The van der Waals surface area contributed by atoms with E-state index in [1.54, 1.807) is 13.2 Å². The summed E-state index contributed by atoms with van der Waals surface area (Å²) in [5, 5.41) is 13.9. The van der Waals surface area contributed by atoms with E-state index in [0.29, 0.717) is 11.5 Å². The molecule has 0 spiro atoms. The van der Waals surface area contributed by atoms with Crippen molar-refractivity contribution >= 4 is 0 Å². The van der Waals surface area contributed by atoms with Crippen LogP contribution in [0.2, 0.25) is 0 Å². The molecule has 2 aromatic rings. The Morgan fingerprint density at radius 3 is 2.62 bits per heavy atom. The van der Waals surface area contributed by atoms with Gasteiger partial charge >= 0.3 is 0 Å². The highest BCUT2D eigenvalue weighted by molar-refractivity contribution is 5.69. The molecule has 4 heteroatoms. The smallest absolute Gasteiger partial charge is 0.131 e. The minimum atomic E-state index is -0.261. The normalized spacial score (nSPS) is 17.2. The summed E-state index contributed by atoms with van der Waals surface area (Å²) in [6, 6.07) is 13.3. The predicted octanol–water partition coefficient (Wildman–Crippen LogP) is 5.27. The number of methoxy groups -OCH3 is 1. The van der Waals surface area contributed by atoms with Gasteiger partial charge in [0, 0.05) is 12.7 Å². The topological polar surface area (TPSA) is 41.5 Å². The van der Waals surface area contributed by atoms with Crippen molar-refractivity contribution in [1.29, 1.82) is 0 Å². The Morgan fingerprint density at radius 2 is 1.90 bits per heavy atom. The summed E-state index contributed by atoms with van der Waals surface area (Å²) in [6.07, 6.45) is 4.93. The second-order valence-corrected chi connectivity index (χ2v) is 8.07. The highest BCUT2D eigenvalue weighted by atomic mass is 19.1. The third-order valence-corrected chi connectivity index (χ3v) is 6.20. The van der Waals surface area contributed by atoms with E-state index in [9.17, 15) is 9.50 Å². The van der Waals surface area contributed by atoms with Gasteiger partial charge in [-0.15, -0.1) is 0 Å². The fourth-order valence-electron chi connectivity index (χ4n) is 4.44. The van der Waals surface area contributed by atoms with Crippen molar-refractivity contribution in [3.63, 3.8) is 0 Å². The Labute approximate surface area is 174 Å². The summed E-state index contributed by atoms with van der Waals surface area (Å²) >= 11 is 0. The van der Waals surface area contributed by atoms with E-state index in [1.165, 1.54) is 11.6 Å². The summed E-state index contributed by atoms with van der Waals surface area (Å²) in [5.41, 5.74) is 3.61. The average molecular weight is 400 g/mol. The standard InChI is InChI=1S/C25H34FNO2/c1-3-18-7-4-8-20(17-18)25-21(9-5-10-22(25)26)24(29-2)12-6-11-23(28)19-13-15-27-16-14-19/h4-5,7-10,17,19,23-24,27-28H,3,6,11-16H2,1-2H3. The molecule has 1 aliphatic heterocycles. The minimum Gasteiger partial charge on any atom is -0.393 e. The number of aryl methyl sites for hydroxylation is 1. The molecule has 2 N–H and O–H groups in total. The van der Waals surface area contributed by atoms with Gasteiger partial charge in [-0.3, -0.25) is 0 Å². The van der Waals surface area contributed by atoms with Crippen molar-refractivity contribution in [2.24, 2.45) is 5.92 Å². The van der Waals surface area contributed by atoms with Crippen molar-refractivity contribution in [2.75, 3.05) is 20.2 Å². The van der Waals surface area contributed by atoms with E-state index in [-0.39, 0.29) is 18.0 Å². The van der Waals surface area contributed by atoms with Gasteiger partial charge in [0.15, 0.2) is 0 Å². The molecule has 0 bridgehead atoms. The molecule has 2 unspecified atom stereocenters. The number of hydrogen-bond donors (Lipinski definition) is 2. The van der Waals surface area contributed by atoms with Gasteiger partial charge in [0.1, 0.15) is 5.82 Å². The van der Waals surface area contributed by atoms with Crippen molar-refractivity contribution in [3.8, 4) is 11.1 Å². The van der Waals surface area contributed by atoms with Gasteiger partial charge in [0.2, 0.25) is 0 Å². The molecule has 0 aromatic heterocycles. The van der Waals surface area contributed by atoms with Gasteiger partial charge in [0.05, 0.1) is 12.2 Å². The van der Waals surface area contributed by atoms with Crippen molar-refractivity contribution < 1.29 is 14.2 Å². The van der Waals surface area contributed by atoms with Crippen LogP contribution in [0, 0.1) is 11.7 Å². The Kier molecular flexibility index (Phi) is 8.22. The molecular weight excluding hydrogens is 365 g/mol. The zero-order valence-corrected chi connectivity index (χ0v) is 17.7. The quantitative estimate of drug-likeness (QED) is 0.603. The molecule has 1 aliphatic rings. The molecule has 0 aliphatic carbocycles. The first-order chi connectivity index (χ1) is 14.1. The number of hydrogen-bond acceptors (Lipinski definition) is 3. The number of ether oxygens (including phenoxy) is 1. The monoisotopic (exact) mass is 399 g/mol. The Morgan fingerprint density at radius 1 is 1.14 bits per heavy atom. The van der Waals surface area contributed by atoms with Crippen LogP contribution in [0.25, 0.3) is 11.1 Å². The molecule has 2 aromatic carbocycles. The molecule has 1 fully saturated rings. The van der Waals surface area contributed by atoms with E-state index in [4.69, 9.17) is 4.74 Å². The lowest BCUT2D eigenvalue weighted by atomic mass is 9.88. The number of rotatable bonds is 9. The second-order valence-electron chi connectivity index (χ2n) is 8.07. The van der Waals surface area contributed by atoms with Crippen LogP contribution < -0.4 is 5.32 Å². The van der Waals surface area contributed by atoms with E-state index in [2.05, 4.69) is 24.4 Å². The van der Waals surface area contributed by atoms with Gasteiger partial charge in [-0.05, 0) is 80.3 Å². The molecule has 0 amide bonds. The molecule has 0 radical (unpaired) electrons. The molecule has 1 saturated heterocycles. The number of aliphatic hydroxyl groups excluding tert-OH is 1. The van der Waals surface area contributed by atoms with Gasteiger partial charge in [-0.2, -0.15) is 0 Å². The largest absolute Gasteiger partial charge is 0.393 e. The highest BCUT2D eigenvalue weighted by Gasteiger charge is 2.23. The van der Waals surface area contributed by atoms with E-state index in [0.717, 1.165) is 62.7 Å².